The molecule has 3 atom stereocenters. The Morgan fingerprint density at radius 3 is 2.48 bits per heavy atom. The molecular weight excluding hydrogens is 651 g/mol. The molecule has 10 heteroatoms. The van der Waals surface area contributed by atoms with Crippen LogP contribution in [0.15, 0.2) is 54.1 Å². The number of amides is 2. The van der Waals surface area contributed by atoms with Gasteiger partial charge in [-0.15, -0.1) is 0 Å². The lowest BCUT2D eigenvalue weighted by Gasteiger charge is -2.42. The Kier molecular flexibility index (Phi) is 12.1. The van der Waals surface area contributed by atoms with Crippen molar-refractivity contribution in [3.05, 3.63) is 68.8 Å². The van der Waals surface area contributed by atoms with Gasteiger partial charge in [-0.3, -0.25) is 9.59 Å². The molecule has 228 valence electrons. The van der Waals surface area contributed by atoms with E-state index in [-0.39, 0.29) is 44.4 Å². The molecule has 0 aliphatic heterocycles. The molecule has 42 heavy (non-hydrogen) atoms. The van der Waals surface area contributed by atoms with Crippen LogP contribution in [-0.2, 0) is 22.6 Å². The Labute approximate surface area is 261 Å². The maximum Gasteiger partial charge on any atom is 0.247 e. The summed E-state index contributed by atoms with van der Waals surface area (Å²) in [4.78, 5) is 28.9. The molecule has 3 unspecified atom stereocenters. The van der Waals surface area contributed by atoms with Crippen LogP contribution in [-0.4, -0.2) is 77.1 Å². The van der Waals surface area contributed by atoms with Crippen molar-refractivity contribution in [2.45, 2.75) is 69.8 Å². The number of methoxy groups -OCH3 is 1. The highest BCUT2D eigenvalue weighted by atomic mass is 127. The zero-order valence-electron chi connectivity index (χ0n) is 24.0. The van der Waals surface area contributed by atoms with Crippen LogP contribution in [0.4, 0.5) is 0 Å². The number of carbonyl (C=O) groups is 2. The van der Waals surface area contributed by atoms with Crippen LogP contribution in [0.3, 0.4) is 0 Å². The second kappa shape index (κ2) is 15.7. The van der Waals surface area contributed by atoms with E-state index in [4.69, 9.17) is 9.47 Å². The second-order valence-electron chi connectivity index (χ2n) is 11.0. The number of nitrogens with one attached hydrogen (secondary N) is 1. The molecule has 9 nitrogen and oxygen atoms in total. The summed E-state index contributed by atoms with van der Waals surface area (Å²) < 4.78 is 12.6. The molecule has 2 aliphatic carbocycles. The smallest absolute Gasteiger partial charge is 0.247 e. The van der Waals surface area contributed by atoms with Gasteiger partial charge in [0.05, 0.1) is 36.4 Å². The predicted octanol–water partition coefficient (Wildman–Crippen LogP) is 3.36. The summed E-state index contributed by atoms with van der Waals surface area (Å²) in [5, 5.41) is 33.5. The van der Waals surface area contributed by atoms with Gasteiger partial charge in [-0.1, -0.05) is 49.6 Å². The molecule has 0 aromatic heterocycles. The van der Waals surface area contributed by atoms with Crippen LogP contribution in [0, 0.1) is 9.49 Å². The fraction of sp³-hybridized carbons (Fsp3) is 0.500. The number of benzene rings is 2. The van der Waals surface area contributed by atoms with Crippen molar-refractivity contribution < 1.29 is 34.4 Å². The molecule has 0 heterocycles. The largest absolute Gasteiger partial charge is 0.493 e. The van der Waals surface area contributed by atoms with E-state index in [1.165, 1.54) is 13.5 Å². The van der Waals surface area contributed by atoms with Gasteiger partial charge in [0.25, 0.3) is 0 Å². The highest BCUT2D eigenvalue weighted by Crippen LogP contribution is 2.37. The minimum Gasteiger partial charge on any atom is -0.493 e. The first-order valence-electron chi connectivity index (χ1n) is 14.6. The average Bonchev–Trinajstić information content (AvgIpc) is 3.01. The molecule has 4 N–H and O–H groups in total. The lowest BCUT2D eigenvalue weighted by atomic mass is 9.85. The Bertz CT molecular complexity index is 1230. The quantitative estimate of drug-likeness (QED) is 0.252. The monoisotopic (exact) mass is 692 g/mol. The van der Waals surface area contributed by atoms with E-state index >= 15 is 0 Å². The van der Waals surface area contributed by atoms with Gasteiger partial charge in [-0.05, 0) is 70.7 Å². The Morgan fingerprint density at radius 2 is 1.81 bits per heavy atom. The lowest BCUT2D eigenvalue weighted by molar-refractivity contribution is -0.139. The van der Waals surface area contributed by atoms with Crippen LogP contribution in [0.5, 0.6) is 11.5 Å². The van der Waals surface area contributed by atoms with Crippen LogP contribution in [0.2, 0.25) is 0 Å². The van der Waals surface area contributed by atoms with Crippen molar-refractivity contribution in [3.63, 3.8) is 0 Å². The van der Waals surface area contributed by atoms with Crippen molar-refractivity contribution in [2.75, 3.05) is 26.8 Å². The summed E-state index contributed by atoms with van der Waals surface area (Å²) in [6.45, 7) is 0.205. The van der Waals surface area contributed by atoms with Gasteiger partial charge in [0.1, 0.15) is 12.2 Å². The second-order valence-corrected chi connectivity index (χ2v) is 12.2. The molecule has 2 amide bonds. The fourth-order valence-corrected chi connectivity index (χ4v) is 6.63. The van der Waals surface area contributed by atoms with Gasteiger partial charge >= 0.3 is 0 Å². The van der Waals surface area contributed by atoms with Crippen molar-refractivity contribution in [2.24, 2.45) is 5.92 Å². The van der Waals surface area contributed by atoms with E-state index in [9.17, 15) is 24.9 Å². The third kappa shape index (κ3) is 8.24. The molecule has 0 spiro atoms. The van der Waals surface area contributed by atoms with Gasteiger partial charge in [-0.25, -0.2) is 0 Å². The Balaban J connectivity index is 1.69. The van der Waals surface area contributed by atoms with E-state index < -0.39 is 18.2 Å². The van der Waals surface area contributed by atoms with Gasteiger partial charge in [-0.2, -0.15) is 0 Å². The minimum absolute atomic E-state index is 0.0853. The molecular formula is C32H41IN2O7. The zero-order chi connectivity index (χ0) is 30.1. The van der Waals surface area contributed by atoms with Crippen LogP contribution < -0.4 is 14.8 Å². The van der Waals surface area contributed by atoms with Gasteiger partial charge in [0.2, 0.25) is 11.8 Å². The average molecular weight is 693 g/mol. The maximum atomic E-state index is 13.9. The zero-order valence-corrected chi connectivity index (χ0v) is 26.2. The molecule has 2 aromatic rings. The number of carbonyl (C=O) groups excluding carboxylic acids is 2. The summed E-state index contributed by atoms with van der Waals surface area (Å²) in [7, 11) is 1.50. The van der Waals surface area contributed by atoms with E-state index in [1.807, 2.05) is 30.3 Å². The number of aliphatic hydroxyl groups is 3. The van der Waals surface area contributed by atoms with Crippen LogP contribution >= 0.6 is 22.6 Å². The SMILES string of the molecule is COc1cc(CO)cc(I)c1OC1C=C(C(=O)NCCO)CC(N(CC2CCCCC2)C(=O)Cc2ccccc2)C1O. The normalized spacial score (nSPS) is 20.9. The molecule has 1 fully saturated rings. The van der Waals surface area contributed by atoms with E-state index in [2.05, 4.69) is 27.9 Å². The van der Waals surface area contributed by atoms with Gasteiger partial charge < -0.3 is 35.0 Å². The number of nitrogens with zero attached hydrogens (tertiary/aromatic N) is 1. The Hall–Kier alpha value is -2.67. The highest BCUT2D eigenvalue weighted by molar-refractivity contribution is 14.1. The number of hydrogen-bond acceptors (Lipinski definition) is 7. The van der Waals surface area contributed by atoms with Crippen LogP contribution in [0.1, 0.15) is 49.7 Å². The molecule has 0 bridgehead atoms. The number of ether oxygens (including phenoxy) is 2. The standard InChI is InChI=1S/C32H41IN2O7/c1-41-28-15-23(20-37)14-25(33)31(28)42-27-18-24(32(40)34-12-13-36)17-26(30(27)39)35(19-22-10-6-3-7-11-22)29(38)16-21-8-4-2-5-9-21/h2,4-5,8-9,14-15,18,22,26-27,30,36-37,39H,3,6-7,10-13,16-17,19-20H2,1H3,(H,34,40). The molecule has 2 aromatic carbocycles. The number of hydrogen-bond donors (Lipinski definition) is 4. The molecule has 0 saturated heterocycles. The Morgan fingerprint density at radius 1 is 1.07 bits per heavy atom. The van der Waals surface area contributed by atoms with Gasteiger partial charge in [0.15, 0.2) is 11.5 Å². The summed E-state index contributed by atoms with van der Waals surface area (Å²) in [5.74, 6) is 0.598. The summed E-state index contributed by atoms with van der Waals surface area (Å²) in [6.07, 6.45) is 5.31. The van der Waals surface area contributed by atoms with E-state index in [0.717, 1.165) is 31.2 Å². The maximum absolute atomic E-state index is 13.9. The highest BCUT2D eigenvalue weighted by Gasteiger charge is 2.41. The molecule has 4 rings (SSSR count). The number of halogens is 1. The van der Waals surface area contributed by atoms with Crippen molar-refractivity contribution >= 4 is 34.4 Å². The predicted molar refractivity (Wildman–Crippen MR) is 167 cm³/mol. The molecule has 1 saturated carbocycles. The first kappa shape index (κ1) is 32.2. The van der Waals surface area contributed by atoms with E-state index in [1.54, 1.807) is 23.1 Å². The number of rotatable bonds is 12. The fourth-order valence-electron chi connectivity index (χ4n) is 5.84. The third-order valence-corrected chi connectivity index (χ3v) is 8.84. The van der Waals surface area contributed by atoms with Gasteiger partial charge in [0, 0.05) is 25.1 Å². The topological polar surface area (TPSA) is 129 Å². The summed E-state index contributed by atoms with van der Waals surface area (Å²) in [6, 6.07) is 12.3. The van der Waals surface area contributed by atoms with Crippen molar-refractivity contribution in [1.29, 1.82) is 0 Å². The van der Waals surface area contributed by atoms with Crippen LogP contribution in [0.25, 0.3) is 0 Å². The van der Waals surface area contributed by atoms with Crippen molar-refractivity contribution in [1.82, 2.24) is 10.2 Å². The first-order valence-corrected chi connectivity index (χ1v) is 15.7. The first-order chi connectivity index (χ1) is 20.3. The van der Waals surface area contributed by atoms with E-state index in [0.29, 0.717) is 38.7 Å². The summed E-state index contributed by atoms with van der Waals surface area (Å²) in [5.41, 5.74) is 1.91. The molecule has 0 radical (unpaired) electrons. The third-order valence-electron chi connectivity index (χ3n) is 8.04. The molecule has 2 aliphatic rings. The number of aliphatic hydroxyl groups excluding tert-OH is 3. The summed E-state index contributed by atoms with van der Waals surface area (Å²) >= 11 is 2.09. The van der Waals surface area contributed by atoms with Crippen molar-refractivity contribution in [3.8, 4) is 11.5 Å². The minimum atomic E-state index is -1.12. The lowest BCUT2D eigenvalue weighted by Crippen LogP contribution is -2.56.